The van der Waals surface area contributed by atoms with Crippen molar-refractivity contribution >= 4 is 56.6 Å². The minimum Gasteiger partial charge on any atom is -0.299 e. The number of carbonyl (C=O) groups excluding carboxylic acids is 2. The van der Waals surface area contributed by atoms with Crippen LogP contribution in [0.3, 0.4) is 0 Å². The smallest absolute Gasteiger partial charge is 0.187 e. The predicted octanol–water partition coefficient (Wildman–Crippen LogP) is 8.64. The second-order valence-electron chi connectivity index (χ2n) is 14.3. The first-order valence-corrected chi connectivity index (χ1v) is 18.9. The van der Waals surface area contributed by atoms with Crippen molar-refractivity contribution in [2.45, 2.75) is 95.1 Å². The normalized spacial score (nSPS) is 18.0. The van der Waals surface area contributed by atoms with Crippen LogP contribution < -0.4 is 0 Å². The van der Waals surface area contributed by atoms with E-state index < -0.39 is 5.92 Å². The van der Waals surface area contributed by atoms with Gasteiger partial charge in [0.2, 0.25) is 0 Å². The Labute approximate surface area is 317 Å². The molecule has 2 aromatic carbocycles. The Bertz CT molecular complexity index is 2480. The number of nitrogens with zero attached hydrogens (tertiary/aromatic N) is 10. The number of ketones is 2. The molecule has 270 valence electrons. The zero-order valence-corrected chi connectivity index (χ0v) is 30.4. The molecule has 4 aliphatic carbocycles. The van der Waals surface area contributed by atoms with Crippen molar-refractivity contribution in [1.29, 1.82) is 0 Å². The van der Waals surface area contributed by atoms with E-state index in [1.54, 1.807) is 24.7 Å². The van der Waals surface area contributed by atoms with Gasteiger partial charge in [-0.15, -0.1) is 0 Å². The SMILES string of the molecule is Clc1ncnc2c1cnn2C1CCCC1.[C-]#[N+]c1ccc2c(c1)C(c1ncnc3c1cnn3C1CCCCC1)C(=O)C2.[C-]#[N+]c1ccc2c(c1)CC(=O)C2. The molecule has 10 rings (SSSR count). The van der Waals surface area contributed by atoms with Crippen molar-refractivity contribution in [3.8, 4) is 0 Å². The van der Waals surface area contributed by atoms with Gasteiger partial charge in [0.25, 0.3) is 0 Å². The lowest BCUT2D eigenvalue weighted by atomic mass is 9.94. The number of halogens is 1. The second kappa shape index (κ2) is 15.2. The minimum absolute atomic E-state index is 0.123. The lowest BCUT2D eigenvalue weighted by Crippen LogP contribution is -2.15. The third-order valence-electron chi connectivity index (χ3n) is 11.0. The monoisotopic (exact) mass is 736 g/mol. The van der Waals surface area contributed by atoms with E-state index in [2.05, 4.69) is 39.8 Å². The summed E-state index contributed by atoms with van der Waals surface area (Å²) < 4.78 is 4.02. The Balaban J connectivity index is 0.000000128. The van der Waals surface area contributed by atoms with Crippen LogP contribution in [0.5, 0.6) is 0 Å². The maximum atomic E-state index is 12.8. The molecule has 0 saturated heterocycles. The lowest BCUT2D eigenvalue weighted by Gasteiger charge is -2.22. The third-order valence-corrected chi connectivity index (χ3v) is 11.3. The molecule has 0 bridgehead atoms. The number of carbonyl (C=O) groups is 2. The first kappa shape index (κ1) is 35.2. The number of Topliss-reactive ketones (excluding diaryl/α,β-unsaturated/α-hetero) is 2. The Kier molecular flexibility index (Phi) is 9.94. The van der Waals surface area contributed by atoms with Gasteiger partial charge in [-0.3, -0.25) is 9.59 Å². The standard InChI is InChI=1S/C21H19N5O.C10H11ClN4.C10H7NO/c1-22-14-8-7-13-9-18(27)19(16(13)10-14)20-17-11-25-26(21(17)24-12-23-20)15-5-3-2-4-6-15;11-9-8-5-14-15(7-3-1-2-4-7)10(8)13-6-12-9;1-11-9-3-2-7-5-10(12)6-8(7)4-9/h7-8,10-12,15,19H,2-6,9H2;5-7H,1-4H2;2-4H,5-6H2. The molecule has 1 atom stereocenters. The van der Waals surface area contributed by atoms with E-state index in [4.69, 9.17) is 24.7 Å². The molecule has 4 heterocycles. The molecule has 6 aromatic rings. The molecule has 4 aliphatic rings. The molecule has 1 unspecified atom stereocenters. The Morgan fingerprint density at radius 2 is 1.22 bits per heavy atom. The molecule has 0 amide bonds. The van der Waals surface area contributed by atoms with E-state index in [0.717, 1.165) is 57.2 Å². The fourth-order valence-electron chi connectivity index (χ4n) is 8.30. The molecular weight excluding hydrogens is 700 g/mol. The molecule has 13 heteroatoms. The number of benzene rings is 2. The van der Waals surface area contributed by atoms with Gasteiger partial charge < -0.3 is 0 Å². The Morgan fingerprint density at radius 1 is 0.648 bits per heavy atom. The summed E-state index contributed by atoms with van der Waals surface area (Å²) in [6, 6.07) is 11.8. The molecule has 0 spiro atoms. The molecule has 2 saturated carbocycles. The van der Waals surface area contributed by atoms with Crippen molar-refractivity contribution in [3.05, 3.63) is 117 Å². The van der Waals surface area contributed by atoms with Crippen molar-refractivity contribution < 1.29 is 9.59 Å². The van der Waals surface area contributed by atoms with Crippen molar-refractivity contribution in [2.24, 2.45) is 0 Å². The highest BCUT2D eigenvalue weighted by Crippen LogP contribution is 2.40. The van der Waals surface area contributed by atoms with Gasteiger partial charge in [-0.05, 0) is 47.9 Å². The minimum atomic E-state index is -0.434. The number of fused-ring (bicyclic) bond motifs is 4. The maximum absolute atomic E-state index is 12.8. The molecule has 0 aliphatic heterocycles. The fourth-order valence-corrected chi connectivity index (χ4v) is 8.48. The van der Waals surface area contributed by atoms with Crippen molar-refractivity contribution in [3.63, 3.8) is 0 Å². The van der Waals surface area contributed by atoms with Crippen LogP contribution in [0, 0.1) is 13.1 Å². The fraction of sp³-hybridized carbons (Fsp3) is 0.366. The van der Waals surface area contributed by atoms with Gasteiger partial charge in [0.15, 0.2) is 28.5 Å². The summed E-state index contributed by atoms with van der Waals surface area (Å²) >= 11 is 5.97. The van der Waals surface area contributed by atoms with Gasteiger partial charge in [0, 0.05) is 19.3 Å². The average Bonchev–Trinajstić information content (AvgIpc) is 4.04. The predicted molar refractivity (Wildman–Crippen MR) is 204 cm³/mol. The lowest BCUT2D eigenvalue weighted by molar-refractivity contribution is -0.118. The second-order valence-corrected chi connectivity index (χ2v) is 14.7. The van der Waals surface area contributed by atoms with E-state index in [-0.39, 0.29) is 11.6 Å². The van der Waals surface area contributed by atoms with Crippen LogP contribution in [-0.4, -0.2) is 51.1 Å². The summed E-state index contributed by atoms with van der Waals surface area (Å²) in [6.45, 7) is 14.1. The van der Waals surface area contributed by atoms with E-state index in [9.17, 15) is 9.59 Å². The zero-order chi connectivity index (χ0) is 37.2. The largest absolute Gasteiger partial charge is 0.299 e. The number of hydrogen-bond acceptors (Lipinski definition) is 8. The van der Waals surface area contributed by atoms with Crippen LogP contribution in [-0.2, 0) is 28.9 Å². The van der Waals surface area contributed by atoms with Crippen LogP contribution >= 0.6 is 11.6 Å². The number of rotatable bonds is 3. The van der Waals surface area contributed by atoms with Crippen LogP contribution in [0.25, 0.3) is 31.8 Å². The summed E-state index contributed by atoms with van der Waals surface area (Å²) in [5, 5.41) is 11.2. The topological polar surface area (TPSA) is 130 Å². The van der Waals surface area contributed by atoms with Crippen molar-refractivity contribution in [2.75, 3.05) is 0 Å². The summed E-state index contributed by atoms with van der Waals surface area (Å²) in [5.41, 5.74) is 7.59. The van der Waals surface area contributed by atoms with Gasteiger partial charge >= 0.3 is 0 Å². The van der Waals surface area contributed by atoms with Crippen LogP contribution in [0.4, 0.5) is 11.4 Å². The first-order valence-electron chi connectivity index (χ1n) is 18.5. The van der Waals surface area contributed by atoms with Crippen molar-refractivity contribution in [1.82, 2.24) is 39.5 Å². The zero-order valence-electron chi connectivity index (χ0n) is 29.7. The Hall–Kier alpha value is -5.85. The molecule has 0 radical (unpaired) electrons. The maximum Gasteiger partial charge on any atom is 0.187 e. The van der Waals surface area contributed by atoms with Gasteiger partial charge in [-0.2, -0.15) is 10.2 Å². The first-order chi connectivity index (χ1) is 26.4. The highest BCUT2D eigenvalue weighted by molar-refractivity contribution is 6.33. The summed E-state index contributed by atoms with van der Waals surface area (Å²) in [5.74, 6) is -0.0547. The van der Waals surface area contributed by atoms with Gasteiger partial charge in [-0.25, -0.2) is 39.0 Å². The highest BCUT2D eigenvalue weighted by Gasteiger charge is 2.35. The van der Waals surface area contributed by atoms with E-state index in [1.807, 2.05) is 39.8 Å². The summed E-state index contributed by atoms with van der Waals surface area (Å²) in [7, 11) is 0. The molecule has 4 aromatic heterocycles. The Morgan fingerprint density at radius 3 is 1.91 bits per heavy atom. The molecule has 54 heavy (non-hydrogen) atoms. The molecular formula is C41H37ClN10O2. The summed E-state index contributed by atoms with van der Waals surface area (Å²) in [4.78, 5) is 47.9. The van der Waals surface area contributed by atoms with E-state index in [0.29, 0.717) is 53.6 Å². The van der Waals surface area contributed by atoms with Gasteiger partial charge in [-0.1, -0.05) is 80.1 Å². The van der Waals surface area contributed by atoms with Crippen LogP contribution in [0.2, 0.25) is 5.15 Å². The van der Waals surface area contributed by atoms with Gasteiger partial charge in [0.1, 0.15) is 23.6 Å². The quantitative estimate of drug-likeness (QED) is 0.130. The molecule has 2 fully saturated rings. The van der Waals surface area contributed by atoms with E-state index in [1.165, 1.54) is 51.3 Å². The molecule has 0 N–H and O–H groups in total. The van der Waals surface area contributed by atoms with Crippen LogP contribution in [0.15, 0.2) is 61.4 Å². The molecule has 12 nitrogen and oxygen atoms in total. The van der Waals surface area contributed by atoms with E-state index >= 15 is 0 Å². The average molecular weight is 737 g/mol. The van der Waals surface area contributed by atoms with Gasteiger partial charge in [0.05, 0.1) is 60.0 Å². The number of aromatic nitrogens is 8. The van der Waals surface area contributed by atoms with Crippen LogP contribution in [0.1, 0.15) is 104 Å². The highest BCUT2D eigenvalue weighted by atomic mass is 35.5. The third kappa shape index (κ3) is 6.85. The summed E-state index contributed by atoms with van der Waals surface area (Å²) in [6.07, 6.45) is 19.0. The number of hydrogen-bond donors (Lipinski definition) is 0.